The molecule has 5 heteroatoms. The molecule has 0 saturated heterocycles. The van der Waals surface area contributed by atoms with Crippen LogP contribution in [-0.2, 0) is 4.79 Å². The van der Waals surface area contributed by atoms with E-state index < -0.39 is 5.97 Å². The first-order valence-corrected chi connectivity index (χ1v) is 3.77. The molecule has 1 aromatic carbocycles. The van der Waals surface area contributed by atoms with Gasteiger partial charge in [-0.1, -0.05) is 17.0 Å². The summed E-state index contributed by atoms with van der Waals surface area (Å²) in [6, 6.07) is 7.24. The number of hydrogen-bond donors (Lipinski definition) is 0. The van der Waals surface area contributed by atoms with E-state index in [1.165, 1.54) is 6.92 Å². The highest BCUT2D eigenvalue weighted by Gasteiger charge is 2.04. The zero-order chi connectivity index (χ0) is 9.26. The standard InChI is InChI=1S/C8H7N3O2/c1-6(12)13-11-8-5-3-2-4-7(8)9-10-11/h2-5H,1H3. The second-order valence-corrected chi connectivity index (χ2v) is 2.53. The lowest BCUT2D eigenvalue weighted by Gasteiger charge is -1.97. The number of rotatable bonds is 1. The van der Waals surface area contributed by atoms with Crippen LogP contribution in [0.5, 0.6) is 0 Å². The van der Waals surface area contributed by atoms with Gasteiger partial charge in [-0.25, -0.2) is 4.79 Å². The van der Waals surface area contributed by atoms with Gasteiger partial charge in [-0.05, 0) is 17.3 Å². The van der Waals surface area contributed by atoms with E-state index in [0.29, 0.717) is 11.0 Å². The molecule has 13 heavy (non-hydrogen) atoms. The van der Waals surface area contributed by atoms with Crippen LogP contribution in [0.4, 0.5) is 0 Å². The molecule has 0 atom stereocenters. The Hall–Kier alpha value is -1.91. The quantitative estimate of drug-likeness (QED) is 0.592. The Morgan fingerprint density at radius 3 is 3.00 bits per heavy atom. The third-order valence-electron chi connectivity index (χ3n) is 1.54. The number of carbonyl (C=O) groups excluding carboxylic acids is 1. The van der Waals surface area contributed by atoms with Gasteiger partial charge < -0.3 is 4.84 Å². The highest BCUT2D eigenvalue weighted by molar-refractivity contribution is 5.74. The molecule has 0 saturated carbocycles. The third kappa shape index (κ3) is 1.35. The average molecular weight is 177 g/mol. The van der Waals surface area contributed by atoms with E-state index in [4.69, 9.17) is 4.84 Å². The van der Waals surface area contributed by atoms with Gasteiger partial charge in [-0.3, -0.25) is 0 Å². The van der Waals surface area contributed by atoms with Crippen LogP contribution in [0, 0.1) is 0 Å². The molecule has 5 nitrogen and oxygen atoms in total. The van der Waals surface area contributed by atoms with E-state index in [1.54, 1.807) is 12.1 Å². The summed E-state index contributed by atoms with van der Waals surface area (Å²) in [5.41, 5.74) is 1.38. The van der Waals surface area contributed by atoms with Crippen molar-refractivity contribution in [3.05, 3.63) is 24.3 Å². The first kappa shape index (κ1) is 7.72. The maximum atomic E-state index is 10.6. The molecular weight excluding hydrogens is 170 g/mol. The van der Waals surface area contributed by atoms with Crippen LogP contribution in [0.2, 0.25) is 0 Å². The summed E-state index contributed by atoms with van der Waals surface area (Å²) >= 11 is 0. The monoisotopic (exact) mass is 177 g/mol. The molecule has 1 heterocycles. The van der Waals surface area contributed by atoms with Gasteiger partial charge in [0.1, 0.15) is 11.0 Å². The third-order valence-corrected chi connectivity index (χ3v) is 1.54. The van der Waals surface area contributed by atoms with Gasteiger partial charge >= 0.3 is 5.97 Å². The van der Waals surface area contributed by atoms with E-state index in [2.05, 4.69) is 10.3 Å². The summed E-state index contributed by atoms with van der Waals surface area (Å²) in [5, 5.41) is 7.47. The van der Waals surface area contributed by atoms with Crippen molar-refractivity contribution in [2.75, 3.05) is 0 Å². The number of hydrogen-bond acceptors (Lipinski definition) is 4. The maximum Gasteiger partial charge on any atom is 0.332 e. The number of carbonyl (C=O) groups is 1. The second-order valence-electron chi connectivity index (χ2n) is 2.53. The Bertz CT molecular complexity index is 449. The molecule has 0 fully saturated rings. The smallest absolute Gasteiger partial charge is 0.318 e. The Kier molecular flexibility index (Phi) is 1.70. The van der Waals surface area contributed by atoms with Crippen molar-refractivity contribution >= 4 is 17.0 Å². The summed E-state index contributed by atoms with van der Waals surface area (Å²) in [7, 11) is 0. The van der Waals surface area contributed by atoms with Crippen molar-refractivity contribution in [2.24, 2.45) is 0 Å². The number of nitrogens with zero attached hydrogens (tertiary/aromatic N) is 3. The van der Waals surface area contributed by atoms with Crippen LogP contribution in [0.15, 0.2) is 24.3 Å². The molecule has 0 radical (unpaired) electrons. The molecule has 66 valence electrons. The van der Waals surface area contributed by atoms with Gasteiger partial charge in [-0.15, -0.1) is 5.10 Å². The molecular formula is C8H7N3O2. The minimum absolute atomic E-state index is 0.421. The van der Waals surface area contributed by atoms with Crippen LogP contribution >= 0.6 is 0 Å². The van der Waals surface area contributed by atoms with Crippen molar-refractivity contribution < 1.29 is 9.63 Å². The zero-order valence-electron chi connectivity index (χ0n) is 6.97. The Labute approximate surface area is 73.9 Å². The summed E-state index contributed by atoms with van der Waals surface area (Å²) in [5.74, 6) is -0.421. The fourth-order valence-corrected chi connectivity index (χ4v) is 1.04. The van der Waals surface area contributed by atoms with E-state index in [9.17, 15) is 4.79 Å². The lowest BCUT2D eigenvalue weighted by Crippen LogP contribution is -2.17. The topological polar surface area (TPSA) is 57.0 Å². The number of para-hydroxylation sites is 1. The molecule has 0 aliphatic carbocycles. The van der Waals surface area contributed by atoms with E-state index in [1.807, 2.05) is 12.1 Å². The normalized spacial score (nSPS) is 10.2. The fraction of sp³-hybridized carbons (Fsp3) is 0.125. The second kappa shape index (κ2) is 2.85. The molecule has 0 bridgehead atoms. The van der Waals surface area contributed by atoms with Gasteiger partial charge in [0.2, 0.25) is 0 Å². The fourth-order valence-electron chi connectivity index (χ4n) is 1.04. The van der Waals surface area contributed by atoms with Crippen LogP contribution in [0.3, 0.4) is 0 Å². The number of benzene rings is 1. The molecule has 0 unspecified atom stereocenters. The Balaban J connectivity index is 2.51. The Morgan fingerprint density at radius 2 is 2.23 bits per heavy atom. The van der Waals surface area contributed by atoms with E-state index in [-0.39, 0.29) is 0 Å². The van der Waals surface area contributed by atoms with Gasteiger partial charge in [0.05, 0.1) is 0 Å². The SMILES string of the molecule is CC(=O)On1nnc2ccccc21. The van der Waals surface area contributed by atoms with E-state index >= 15 is 0 Å². The van der Waals surface area contributed by atoms with Gasteiger partial charge in [0.15, 0.2) is 0 Å². The van der Waals surface area contributed by atoms with Gasteiger partial charge in [-0.2, -0.15) is 0 Å². The molecule has 0 aliphatic rings. The van der Waals surface area contributed by atoms with Crippen molar-refractivity contribution in [3.63, 3.8) is 0 Å². The highest BCUT2D eigenvalue weighted by atomic mass is 16.7. The number of fused-ring (bicyclic) bond motifs is 1. The van der Waals surface area contributed by atoms with Crippen molar-refractivity contribution in [1.29, 1.82) is 0 Å². The lowest BCUT2D eigenvalue weighted by molar-refractivity contribution is -0.142. The molecule has 1 aromatic heterocycles. The molecule has 0 aliphatic heterocycles. The predicted octanol–water partition coefficient (Wildman–Crippen LogP) is 0.406. The van der Waals surface area contributed by atoms with E-state index in [0.717, 1.165) is 4.85 Å². The van der Waals surface area contributed by atoms with Gasteiger partial charge in [0.25, 0.3) is 0 Å². The minimum atomic E-state index is -0.421. The minimum Gasteiger partial charge on any atom is -0.318 e. The van der Waals surface area contributed by atoms with Crippen molar-refractivity contribution in [3.8, 4) is 0 Å². The first-order valence-electron chi connectivity index (χ1n) is 3.77. The van der Waals surface area contributed by atoms with Crippen LogP contribution in [0.1, 0.15) is 6.92 Å². The summed E-state index contributed by atoms with van der Waals surface area (Å²) < 4.78 is 0. The highest BCUT2D eigenvalue weighted by Crippen LogP contribution is 2.07. The molecule has 0 spiro atoms. The van der Waals surface area contributed by atoms with Crippen LogP contribution in [-0.4, -0.2) is 21.1 Å². The lowest BCUT2D eigenvalue weighted by atomic mass is 10.3. The molecule has 2 rings (SSSR count). The van der Waals surface area contributed by atoms with Gasteiger partial charge in [0, 0.05) is 6.92 Å². The summed E-state index contributed by atoms with van der Waals surface area (Å²) in [6.45, 7) is 1.32. The average Bonchev–Trinajstić information content (AvgIpc) is 2.48. The zero-order valence-corrected chi connectivity index (χ0v) is 6.97. The van der Waals surface area contributed by atoms with Crippen molar-refractivity contribution in [2.45, 2.75) is 6.92 Å². The summed E-state index contributed by atoms with van der Waals surface area (Å²) in [6.07, 6.45) is 0. The van der Waals surface area contributed by atoms with Crippen LogP contribution < -0.4 is 4.84 Å². The van der Waals surface area contributed by atoms with Crippen molar-refractivity contribution in [1.82, 2.24) is 15.2 Å². The van der Waals surface area contributed by atoms with Crippen LogP contribution in [0.25, 0.3) is 11.0 Å². The molecule has 0 N–H and O–H groups in total. The summed E-state index contributed by atoms with van der Waals surface area (Å²) in [4.78, 5) is 16.5. The maximum absolute atomic E-state index is 10.6. The molecule has 2 aromatic rings. The predicted molar refractivity (Wildman–Crippen MR) is 44.8 cm³/mol. The molecule has 0 amide bonds. The first-order chi connectivity index (χ1) is 6.27. The number of aromatic nitrogens is 3. The largest absolute Gasteiger partial charge is 0.332 e. The Morgan fingerprint density at radius 1 is 1.46 bits per heavy atom.